The molecule has 1 unspecified atom stereocenters. The number of nitrogens with one attached hydrogen (secondary N) is 2. The fourth-order valence-corrected chi connectivity index (χ4v) is 3.33. The number of aliphatic hydroxyl groups is 1. The van der Waals surface area contributed by atoms with Crippen LogP contribution in [-0.4, -0.2) is 41.7 Å². The van der Waals surface area contributed by atoms with E-state index in [1.165, 1.54) is 26.0 Å². The first-order valence-electron chi connectivity index (χ1n) is 10.4. The topological polar surface area (TPSA) is 124 Å². The second kappa shape index (κ2) is 8.92. The Morgan fingerprint density at radius 3 is 2.65 bits per heavy atom. The number of aromatic hydroxyl groups is 1. The van der Waals surface area contributed by atoms with Crippen molar-refractivity contribution in [3.63, 3.8) is 0 Å². The summed E-state index contributed by atoms with van der Waals surface area (Å²) < 4.78 is 14.1. The number of rotatable bonds is 4. The molecule has 2 heterocycles. The van der Waals surface area contributed by atoms with Gasteiger partial charge in [-0.15, -0.1) is 0 Å². The molecular formula is C25H22FN5O3. The average Bonchev–Trinajstić information content (AvgIpc) is 3.21. The summed E-state index contributed by atoms with van der Waals surface area (Å²) in [5.74, 6) is 4.60. The van der Waals surface area contributed by atoms with Gasteiger partial charge in [0, 0.05) is 11.6 Å². The van der Waals surface area contributed by atoms with E-state index in [0.29, 0.717) is 17.2 Å². The summed E-state index contributed by atoms with van der Waals surface area (Å²) in [5, 5.41) is 23.1. The molecule has 4 aromatic rings. The molecular weight excluding hydrogens is 437 g/mol. The molecule has 1 amide bonds. The zero-order valence-corrected chi connectivity index (χ0v) is 18.7. The van der Waals surface area contributed by atoms with Crippen LogP contribution < -0.4 is 5.32 Å². The Kier molecular flexibility index (Phi) is 6.01. The van der Waals surface area contributed by atoms with Gasteiger partial charge in [-0.2, -0.15) is 0 Å². The molecule has 8 nitrogen and oxygen atoms in total. The lowest BCUT2D eigenvalue weighted by Crippen LogP contribution is -2.31. The van der Waals surface area contributed by atoms with Crippen molar-refractivity contribution >= 4 is 16.9 Å². The molecule has 4 rings (SSSR count). The van der Waals surface area contributed by atoms with E-state index < -0.39 is 23.4 Å². The minimum absolute atomic E-state index is 0.0181. The lowest BCUT2D eigenvalue weighted by atomic mass is 10.0. The predicted octanol–water partition coefficient (Wildman–Crippen LogP) is 3.15. The number of aryl methyl sites for hydroxylation is 1. The van der Waals surface area contributed by atoms with Crippen LogP contribution in [0.2, 0.25) is 0 Å². The molecule has 1 atom stereocenters. The number of phenols is 1. The highest BCUT2D eigenvalue weighted by Gasteiger charge is 2.25. The molecule has 0 bridgehead atoms. The van der Waals surface area contributed by atoms with Gasteiger partial charge in [-0.25, -0.2) is 19.3 Å². The third-order valence-corrected chi connectivity index (χ3v) is 4.82. The molecule has 172 valence electrons. The number of nitrogens with zero attached hydrogens (tertiary/aromatic N) is 3. The van der Waals surface area contributed by atoms with Gasteiger partial charge in [0.05, 0.1) is 11.0 Å². The maximum Gasteiger partial charge on any atom is 0.270 e. The van der Waals surface area contributed by atoms with E-state index >= 15 is 0 Å². The molecule has 0 saturated carbocycles. The summed E-state index contributed by atoms with van der Waals surface area (Å²) in [4.78, 5) is 29.2. The SMILES string of the molecule is Cc1nc(C#CC(C)(C)O)cc(C(=O)NC(c2nc3ccccc3[nH]2)c2cc(F)ccc2O)n1. The second-order valence-corrected chi connectivity index (χ2v) is 8.24. The van der Waals surface area contributed by atoms with E-state index in [9.17, 15) is 19.4 Å². The number of benzene rings is 2. The fourth-order valence-electron chi connectivity index (χ4n) is 3.33. The Morgan fingerprint density at radius 2 is 1.91 bits per heavy atom. The van der Waals surface area contributed by atoms with Crippen LogP contribution in [0.4, 0.5) is 4.39 Å². The molecule has 0 aliphatic heterocycles. The number of imidazole rings is 1. The molecule has 0 aliphatic rings. The van der Waals surface area contributed by atoms with Crippen molar-refractivity contribution in [2.75, 3.05) is 0 Å². The van der Waals surface area contributed by atoms with Crippen LogP contribution >= 0.6 is 0 Å². The van der Waals surface area contributed by atoms with Gasteiger partial charge in [0.15, 0.2) is 0 Å². The summed E-state index contributed by atoms with van der Waals surface area (Å²) in [7, 11) is 0. The summed E-state index contributed by atoms with van der Waals surface area (Å²) in [6, 6.07) is 11.1. The van der Waals surface area contributed by atoms with Gasteiger partial charge < -0.3 is 20.5 Å². The molecule has 0 radical (unpaired) electrons. The molecule has 34 heavy (non-hydrogen) atoms. The van der Waals surface area contributed by atoms with Gasteiger partial charge in [0.2, 0.25) is 0 Å². The highest BCUT2D eigenvalue weighted by Crippen LogP contribution is 2.30. The van der Waals surface area contributed by atoms with E-state index in [0.717, 1.165) is 17.6 Å². The zero-order valence-electron chi connectivity index (χ0n) is 18.7. The number of phenolic OH excluding ortho intramolecular Hbond substituents is 1. The van der Waals surface area contributed by atoms with Gasteiger partial charge in [-0.3, -0.25) is 4.79 Å². The van der Waals surface area contributed by atoms with Crippen LogP contribution in [0.25, 0.3) is 11.0 Å². The summed E-state index contributed by atoms with van der Waals surface area (Å²) >= 11 is 0. The van der Waals surface area contributed by atoms with Crippen molar-refractivity contribution in [3.8, 4) is 17.6 Å². The lowest BCUT2D eigenvalue weighted by molar-refractivity contribution is 0.0935. The minimum Gasteiger partial charge on any atom is -0.508 e. The third-order valence-electron chi connectivity index (χ3n) is 4.82. The Balaban J connectivity index is 1.75. The molecule has 0 saturated heterocycles. The van der Waals surface area contributed by atoms with Crippen LogP contribution in [0.5, 0.6) is 5.75 Å². The summed E-state index contributed by atoms with van der Waals surface area (Å²) in [6.07, 6.45) is 0. The predicted molar refractivity (Wildman–Crippen MR) is 123 cm³/mol. The number of hydrogen-bond donors (Lipinski definition) is 4. The third kappa shape index (κ3) is 5.19. The Morgan fingerprint density at radius 1 is 1.15 bits per heavy atom. The number of carbonyl (C=O) groups is 1. The lowest BCUT2D eigenvalue weighted by Gasteiger charge is -2.18. The van der Waals surface area contributed by atoms with Crippen LogP contribution in [0.1, 0.15) is 53.3 Å². The van der Waals surface area contributed by atoms with Crippen molar-refractivity contribution in [1.82, 2.24) is 25.3 Å². The maximum absolute atomic E-state index is 14.1. The minimum atomic E-state index is -1.23. The van der Waals surface area contributed by atoms with Crippen molar-refractivity contribution in [3.05, 3.63) is 82.9 Å². The van der Waals surface area contributed by atoms with Gasteiger partial charge in [0.25, 0.3) is 5.91 Å². The molecule has 0 fully saturated rings. The zero-order chi connectivity index (χ0) is 24.5. The fraction of sp³-hybridized carbons (Fsp3) is 0.200. The highest BCUT2D eigenvalue weighted by atomic mass is 19.1. The number of carbonyl (C=O) groups excluding carboxylic acids is 1. The van der Waals surface area contributed by atoms with Gasteiger partial charge in [-0.1, -0.05) is 18.1 Å². The Labute approximate surface area is 194 Å². The van der Waals surface area contributed by atoms with Crippen molar-refractivity contribution in [1.29, 1.82) is 0 Å². The molecule has 0 spiro atoms. The van der Waals surface area contributed by atoms with Crippen molar-refractivity contribution in [2.45, 2.75) is 32.4 Å². The average molecular weight is 459 g/mol. The van der Waals surface area contributed by atoms with Gasteiger partial charge in [-0.05, 0) is 57.0 Å². The van der Waals surface area contributed by atoms with Crippen molar-refractivity contribution < 1.29 is 19.4 Å². The molecule has 0 aliphatic carbocycles. The monoisotopic (exact) mass is 459 g/mol. The number of fused-ring (bicyclic) bond motifs is 1. The van der Waals surface area contributed by atoms with E-state index in [4.69, 9.17) is 0 Å². The number of halogens is 1. The normalized spacial score (nSPS) is 12.1. The van der Waals surface area contributed by atoms with Crippen LogP contribution in [0.3, 0.4) is 0 Å². The highest BCUT2D eigenvalue weighted by molar-refractivity contribution is 5.93. The van der Waals surface area contributed by atoms with E-state index in [-0.39, 0.29) is 22.7 Å². The number of H-pyrrole nitrogens is 1. The number of para-hydroxylation sites is 2. The van der Waals surface area contributed by atoms with Crippen molar-refractivity contribution in [2.24, 2.45) is 0 Å². The van der Waals surface area contributed by atoms with Crippen LogP contribution in [0, 0.1) is 24.6 Å². The largest absolute Gasteiger partial charge is 0.508 e. The number of aromatic nitrogens is 4. The first kappa shape index (κ1) is 22.9. The van der Waals surface area contributed by atoms with Crippen LogP contribution in [-0.2, 0) is 0 Å². The van der Waals surface area contributed by atoms with E-state index in [1.54, 1.807) is 13.0 Å². The molecule has 2 aromatic heterocycles. The van der Waals surface area contributed by atoms with Crippen LogP contribution in [0.15, 0.2) is 48.5 Å². The number of aromatic amines is 1. The smallest absolute Gasteiger partial charge is 0.270 e. The maximum atomic E-state index is 14.1. The van der Waals surface area contributed by atoms with Gasteiger partial charge in [0.1, 0.15) is 46.2 Å². The molecule has 2 aromatic carbocycles. The number of hydrogen-bond acceptors (Lipinski definition) is 6. The Bertz CT molecular complexity index is 1410. The summed E-state index contributed by atoms with van der Waals surface area (Å²) in [5.41, 5.74) is 0.533. The molecule has 9 heteroatoms. The van der Waals surface area contributed by atoms with Gasteiger partial charge >= 0.3 is 0 Å². The van der Waals surface area contributed by atoms with E-state index in [1.807, 2.05) is 18.2 Å². The quantitative estimate of drug-likeness (QED) is 0.348. The molecule has 4 N–H and O–H groups in total. The standard InChI is InChI=1S/C25H22FN5O3/c1-14-27-16(10-11-25(2,3)34)13-20(28-14)24(33)31-22(17-12-15(26)8-9-21(17)32)23-29-18-6-4-5-7-19(18)30-23/h4-9,12-13,22,32,34H,1-3H3,(H,29,30)(H,31,33). The summed E-state index contributed by atoms with van der Waals surface area (Å²) in [6.45, 7) is 4.68. The first-order chi connectivity index (χ1) is 16.1. The second-order valence-electron chi connectivity index (χ2n) is 8.24. The van der Waals surface area contributed by atoms with E-state index in [2.05, 4.69) is 37.1 Å². The first-order valence-corrected chi connectivity index (χ1v) is 10.4. The number of amides is 1. The Hall–Kier alpha value is -4.29.